The number of azide groups is 1. The fourth-order valence-corrected chi connectivity index (χ4v) is 18.4. The minimum absolute atomic E-state index is 0.00121. The van der Waals surface area contributed by atoms with Crippen LogP contribution in [0.25, 0.3) is 10.4 Å². The molecule has 7 aromatic rings. The van der Waals surface area contributed by atoms with Crippen LogP contribution in [0, 0.1) is 0 Å². The van der Waals surface area contributed by atoms with Gasteiger partial charge in [0.25, 0.3) is 8.32 Å². The average molecular weight is 1480 g/mol. The van der Waals surface area contributed by atoms with Gasteiger partial charge >= 0.3 is 29.8 Å². The quantitative estimate of drug-likeness (QED) is 0.00904. The molecule has 24 nitrogen and oxygen atoms in total. The number of hydrogen-bond acceptors (Lipinski definition) is 22. The van der Waals surface area contributed by atoms with Crippen molar-refractivity contribution in [1.82, 2.24) is 0 Å². The first-order valence-electron chi connectivity index (χ1n) is 35.7. The van der Waals surface area contributed by atoms with Gasteiger partial charge < -0.3 is 75.5 Å². The molecule has 0 N–H and O–H groups in total. The Morgan fingerprint density at radius 1 is 0.402 bits per heavy atom. The molecule has 3 fully saturated rings. The minimum Gasteiger partial charge on any atom is -0.463 e. The van der Waals surface area contributed by atoms with Crippen LogP contribution in [0.1, 0.15) is 96.0 Å². The van der Waals surface area contributed by atoms with E-state index in [0.717, 1.165) is 32.6 Å². The lowest BCUT2D eigenvalue weighted by atomic mass is 9.83. The molecule has 0 radical (unpaired) electrons. The zero-order chi connectivity index (χ0) is 75.9. The zero-order valence-electron chi connectivity index (χ0n) is 61.2. The number of ether oxygens (including phenoxy) is 14. The molecule has 2 heterocycles. The van der Waals surface area contributed by atoms with Gasteiger partial charge in [0.2, 0.25) is 0 Å². The van der Waals surface area contributed by atoms with E-state index in [-0.39, 0.29) is 58.3 Å². The molecule has 0 aromatic heterocycles. The van der Waals surface area contributed by atoms with Crippen molar-refractivity contribution in [3.05, 3.63) is 251 Å². The Labute approximate surface area is 624 Å². The minimum atomic E-state index is -3.89. The lowest BCUT2D eigenvalue weighted by Gasteiger charge is -2.53. The summed E-state index contributed by atoms with van der Waals surface area (Å²) in [5, 5.41) is 5.18. The molecule has 566 valence electrons. The molecule has 0 bridgehead atoms. The van der Waals surface area contributed by atoms with E-state index in [1.807, 2.05) is 233 Å². The Morgan fingerprint density at radius 2 is 0.776 bits per heavy atom. The number of benzene rings is 7. The molecule has 16 atom stereocenters. The van der Waals surface area contributed by atoms with Gasteiger partial charge in [0.15, 0.2) is 37.0 Å². The topological polar surface area (TPSA) is 290 Å². The maximum atomic E-state index is 14.4. The molecule has 1 saturated carbocycles. The third kappa shape index (κ3) is 21.7. The Bertz CT molecular complexity index is 3980. The second-order valence-corrected chi connectivity index (χ2v) is 31.7. The van der Waals surface area contributed by atoms with Gasteiger partial charge in [-0.15, -0.1) is 0 Å². The van der Waals surface area contributed by atoms with Crippen LogP contribution in [0.15, 0.2) is 217 Å². The lowest BCUT2D eigenvalue weighted by Crippen LogP contribution is -2.73. The van der Waals surface area contributed by atoms with Crippen molar-refractivity contribution >= 4 is 54.3 Å². The highest BCUT2D eigenvalue weighted by Crippen LogP contribution is 2.44. The third-order valence-corrected chi connectivity index (χ3v) is 23.5. The summed E-state index contributed by atoms with van der Waals surface area (Å²) in [6, 6.07) is 63.6. The van der Waals surface area contributed by atoms with E-state index in [2.05, 4.69) is 10.0 Å². The summed E-state index contributed by atoms with van der Waals surface area (Å²) < 4.78 is 103. The summed E-state index contributed by atoms with van der Waals surface area (Å²) in [6.45, 7) is 10.8. The number of carbonyl (C=O) groups excluding carboxylic acids is 6. The number of hydrogen-bond donors (Lipinski definition) is 0. The second kappa shape index (κ2) is 39.0. The van der Waals surface area contributed by atoms with Crippen LogP contribution in [0.3, 0.4) is 0 Å². The Morgan fingerprint density at radius 3 is 1.20 bits per heavy atom. The van der Waals surface area contributed by atoms with Gasteiger partial charge in [-0.05, 0) is 55.7 Å². The Balaban J connectivity index is 1.16. The molecule has 0 unspecified atom stereocenters. The van der Waals surface area contributed by atoms with Crippen molar-refractivity contribution in [2.24, 2.45) is 5.11 Å². The zero-order valence-corrected chi connectivity index (χ0v) is 62.2. The molecule has 0 spiro atoms. The van der Waals surface area contributed by atoms with Gasteiger partial charge in [0.05, 0.1) is 46.1 Å². The van der Waals surface area contributed by atoms with Gasteiger partial charge in [0, 0.05) is 39.0 Å². The number of carbonyl (C=O) groups is 6. The number of rotatable bonds is 34. The number of esters is 5. The van der Waals surface area contributed by atoms with Gasteiger partial charge in [-0.1, -0.05) is 238 Å². The molecule has 0 amide bonds. The van der Waals surface area contributed by atoms with Crippen LogP contribution in [-0.4, -0.2) is 155 Å². The highest BCUT2D eigenvalue weighted by atomic mass is 28.4. The van der Waals surface area contributed by atoms with Crippen molar-refractivity contribution < 1.29 is 99.5 Å². The highest BCUT2D eigenvalue weighted by Gasteiger charge is 2.63. The average Bonchev–Trinajstić information content (AvgIpc) is 0.738. The molecule has 7 aromatic carbocycles. The van der Waals surface area contributed by atoms with E-state index >= 15 is 0 Å². The second-order valence-electron chi connectivity index (χ2n) is 27.5. The van der Waals surface area contributed by atoms with E-state index in [9.17, 15) is 34.3 Å². The first kappa shape index (κ1) is 80.2. The summed E-state index contributed by atoms with van der Waals surface area (Å²) in [7, 11) is -3.89. The van der Waals surface area contributed by atoms with Crippen LogP contribution in [0.2, 0.25) is 5.04 Å². The van der Waals surface area contributed by atoms with Gasteiger partial charge in [-0.3, -0.25) is 24.0 Å². The van der Waals surface area contributed by atoms with Crippen LogP contribution in [-0.2, 0) is 133 Å². The van der Waals surface area contributed by atoms with Gasteiger partial charge in [-0.25, -0.2) is 0 Å². The summed E-state index contributed by atoms with van der Waals surface area (Å²) in [5.41, 5.74) is 14.7. The summed E-state index contributed by atoms with van der Waals surface area (Å²) in [6.07, 6.45) is -23.6. The molecule has 1 aliphatic carbocycles. The largest absolute Gasteiger partial charge is 0.463 e. The van der Waals surface area contributed by atoms with Gasteiger partial charge in [-0.2, -0.15) is 0 Å². The number of ketones is 1. The van der Waals surface area contributed by atoms with Crippen molar-refractivity contribution in [1.29, 1.82) is 0 Å². The SMILES string of the molecule is CC(=O)CCC(=O)O[C@H]1[C@H](O[Si](c2ccccc2)(c2ccccc2)C(C)(C)C)[C@H](OC(C)=O)[C@@H](O[C@H]2[C@H](OCc3ccccc3)[C@@H](N=[N+]=[N-])[C@@H](O[C@@H]3[C@@H](OCc4ccccc4)[C@H](OCc4ccccc4)[C@@H](OCc4ccccc4)[C@@H](OC(C)=O)[C@H]3OC(C)=O)O[C@@H]2COCc2ccccc2)O[C@@H]1COC(C)=O. The van der Waals surface area contributed by atoms with Crippen molar-refractivity contribution in [2.45, 2.75) is 204 Å². The normalized spacial score (nSPS) is 25.0. The van der Waals surface area contributed by atoms with Crippen LogP contribution < -0.4 is 10.4 Å². The third-order valence-electron chi connectivity index (χ3n) is 18.5. The Hall–Kier alpha value is -9.31. The first-order chi connectivity index (χ1) is 51.7. The van der Waals surface area contributed by atoms with Crippen molar-refractivity contribution in [2.75, 3.05) is 13.2 Å². The molecule has 2 saturated heterocycles. The fourth-order valence-electron chi connectivity index (χ4n) is 13.7. The molecular weight excluding hydrogens is 1390 g/mol. The van der Waals surface area contributed by atoms with E-state index in [1.54, 1.807) is 0 Å². The Kier molecular flexibility index (Phi) is 29.2. The molecular formula is C82H93N3O21Si. The monoisotopic (exact) mass is 1480 g/mol. The predicted molar refractivity (Wildman–Crippen MR) is 392 cm³/mol. The molecule has 107 heavy (non-hydrogen) atoms. The first-order valence-corrected chi connectivity index (χ1v) is 37.6. The highest BCUT2D eigenvalue weighted by molar-refractivity contribution is 6.99. The standard InChI is InChI=1S/C82H93N3O21Si/c1-53(86)44-45-67(91)103-70-66(52-93-54(2)87)102-81(79(100-57(5)90)78(70)106-107(82(6,7)8,63-40-26-14-27-41-63)64-42-28-15-29-43-64)104-69-65(51-92-46-58-30-16-9-17-31-58)101-80(68(84-85-83)71(69)94-47-59-32-18-10-19-33-59)105-76-74(97-50-62-38-24-13-25-39-62)72(95-48-60-34-20-11-21-35-60)73(96-49-61-36-22-12-23-37-61)75(98-55(3)88)77(76)99-56(4)89/h9-43,65-66,68-81H,44-52H2,1-8H3/t65-,66-,68-,69-,70-,71-,72-,73-,74+,75-,76-,77-,78+,79+,80-,81-/m1/s1. The summed E-state index contributed by atoms with van der Waals surface area (Å²) in [5.74, 6) is -4.33. The van der Waals surface area contributed by atoms with E-state index in [4.69, 9.17) is 70.7 Å². The van der Waals surface area contributed by atoms with Crippen LogP contribution in [0.4, 0.5) is 0 Å². The smallest absolute Gasteiger partial charge is 0.306 e. The fraction of sp³-hybridized carbons (Fsp3) is 0.415. The lowest BCUT2D eigenvalue weighted by molar-refractivity contribution is -0.364. The van der Waals surface area contributed by atoms with Crippen LogP contribution >= 0.6 is 0 Å². The van der Waals surface area contributed by atoms with E-state index in [1.165, 1.54) is 34.6 Å². The van der Waals surface area contributed by atoms with Crippen molar-refractivity contribution in [3.63, 3.8) is 0 Å². The number of nitrogens with zero attached hydrogens (tertiary/aromatic N) is 3. The van der Waals surface area contributed by atoms with E-state index < -0.39 is 148 Å². The molecule has 3 aliphatic rings. The number of Topliss-reactive ketones (excluding diaryl/α,β-unsaturated/α-hetero) is 1. The van der Waals surface area contributed by atoms with Crippen molar-refractivity contribution in [3.8, 4) is 0 Å². The van der Waals surface area contributed by atoms with Crippen LogP contribution in [0.5, 0.6) is 0 Å². The molecule has 25 heteroatoms. The molecule has 10 rings (SSSR count). The predicted octanol–water partition coefficient (Wildman–Crippen LogP) is 11.0. The molecule has 2 aliphatic heterocycles. The summed E-state index contributed by atoms with van der Waals surface area (Å²) >= 11 is 0. The maximum absolute atomic E-state index is 14.4. The maximum Gasteiger partial charge on any atom is 0.306 e. The van der Waals surface area contributed by atoms with Gasteiger partial charge in [0.1, 0.15) is 73.4 Å². The van der Waals surface area contributed by atoms with E-state index in [0.29, 0.717) is 5.56 Å². The summed E-state index contributed by atoms with van der Waals surface area (Å²) in [4.78, 5) is 85.3.